The van der Waals surface area contributed by atoms with Crippen molar-refractivity contribution < 1.29 is 14.3 Å². The van der Waals surface area contributed by atoms with Crippen LogP contribution in [0.4, 0.5) is 0 Å². The number of benzene rings is 1. The average Bonchev–Trinajstić information content (AvgIpc) is 2.68. The second kappa shape index (κ2) is 8.32. The van der Waals surface area contributed by atoms with Gasteiger partial charge in [0.05, 0.1) is 12.5 Å². The Kier molecular flexibility index (Phi) is 5.90. The number of hydrogen-bond donors (Lipinski definition) is 0. The van der Waals surface area contributed by atoms with Gasteiger partial charge in [-0.15, -0.1) is 0 Å². The summed E-state index contributed by atoms with van der Waals surface area (Å²) in [6.07, 6.45) is 7.95. The highest BCUT2D eigenvalue weighted by Crippen LogP contribution is 2.31. The van der Waals surface area contributed by atoms with Gasteiger partial charge in [0.1, 0.15) is 0 Å². The maximum atomic E-state index is 12.7. The van der Waals surface area contributed by atoms with Crippen LogP contribution in [0.5, 0.6) is 0 Å². The molecule has 0 saturated carbocycles. The minimum absolute atomic E-state index is 0.0261. The number of hydrogen-bond acceptors (Lipinski definition) is 3. The van der Waals surface area contributed by atoms with Gasteiger partial charge in [-0.2, -0.15) is 0 Å². The van der Waals surface area contributed by atoms with Gasteiger partial charge in [0.15, 0.2) is 0 Å². The SMILES string of the molecule is CCOC(=O)C1CC=C(c2cccc(C(=O)N3CCCCC3)c2)CC1. The van der Waals surface area contributed by atoms with Gasteiger partial charge >= 0.3 is 5.97 Å². The molecule has 1 heterocycles. The molecule has 25 heavy (non-hydrogen) atoms. The Morgan fingerprint density at radius 3 is 2.68 bits per heavy atom. The largest absolute Gasteiger partial charge is 0.466 e. The van der Waals surface area contributed by atoms with E-state index in [0.29, 0.717) is 6.61 Å². The third-order valence-corrected chi connectivity index (χ3v) is 5.15. The molecule has 1 fully saturated rings. The second-order valence-corrected chi connectivity index (χ2v) is 6.89. The van der Waals surface area contributed by atoms with E-state index >= 15 is 0 Å². The van der Waals surface area contributed by atoms with Crippen molar-refractivity contribution in [1.82, 2.24) is 4.90 Å². The predicted molar refractivity (Wildman–Crippen MR) is 98.1 cm³/mol. The Morgan fingerprint density at radius 2 is 2.00 bits per heavy atom. The Bertz CT molecular complexity index is 659. The van der Waals surface area contributed by atoms with Gasteiger partial charge in [-0.05, 0) is 68.7 Å². The molecule has 134 valence electrons. The van der Waals surface area contributed by atoms with Crippen molar-refractivity contribution in [2.75, 3.05) is 19.7 Å². The number of nitrogens with zero attached hydrogens (tertiary/aromatic N) is 1. The summed E-state index contributed by atoms with van der Waals surface area (Å²) in [5.41, 5.74) is 3.10. The number of amides is 1. The van der Waals surface area contributed by atoms with Crippen LogP contribution in [0.1, 0.15) is 61.4 Å². The minimum atomic E-state index is -0.0909. The first-order valence-electron chi connectivity index (χ1n) is 9.44. The molecule has 0 aromatic heterocycles. The number of carbonyl (C=O) groups excluding carboxylic acids is 2. The van der Waals surface area contributed by atoms with Gasteiger partial charge in [0.25, 0.3) is 5.91 Å². The molecule has 1 aliphatic heterocycles. The van der Waals surface area contributed by atoms with Crippen LogP contribution in [-0.4, -0.2) is 36.5 Å². The Balaban J connectivity index is 1.69. The van der Waals surface area contributed by atoms with Crippen LogP contribution < -0.4 is 0 Å². The summed E-state index contributed by atoms with van der Waals surface area (Å²) in [5.74, 6) is 0.0241. The number of piperidine rings is 1. The van der Waals surface area contributed by atoms with Gasteiger partial charge < -0.3 is 9.64 Å². The van der Waals surface area contributed by atoms with Gasteiger partial charge in [0.2, 0.25) is 0 Å². The summed E-state index contributed by atoms with van der Waals surface area (Å²) in [6.45, 7) is 4.01. The van der Waals surface area contributed by atoms with Gasteiger partial charge in [-0.3, -0.25) is 9.59 Å². The predicted octanol–water partition coefficient (Wildman–Crippen LogP) is 4.06. The van der Waals surface area contributed by atoms with Crippen molar-refractivity contribution >= 4 is 17.4 Å². The summed E-state index contributed by atoms with van der Waals surface area (Å²) in [5, 5.41) is 0. The molecule has 0 N–H and O–H groups in total. The zero-order valence-electron chi connectivity index (χ0n) is 15.0. The molecule has 4 nitrogen and oxygen atoms in total. The normalized spacial score (nSPS) is 20.8. The summed E-state index contributed by atoms with van der Waals surface area (Å²) < 4.78 is 5.12. The van der Waals surface area contributed by atoms with E-state index in [-0.39, 0.29) is 17.8 Å². The van der Waals surface area contributed by atoms with E-state index in [1.807, 2.05) is 30.0 Å². The van der Waals surface area contributed by atoms with Crippen LogP contribution in [0, 0.1) is 5.92 Å². The van der Waals surface area contributed by atoms with Crippen LogP contribution in [0.25, 0.3) is 5.57 Å². The topological polar surface area (TPSA) is 46.6 Å². The molecule has 1 aromatic rings. The summed E-state index contributed by atoms with van der Waals surface area (Å²) >= 11 is 0. The van der Waals surface area contributed by atoms with Crippen molar-refractivity contribution in [2.45, 2.75) is 45.4 Å². The number of esters is 1. The number of allylic oxidation sites excluding steroid dienone is 2. The fourth-order valence-corrected chi connectivity index (χ4v) is 3.70. The van der Waals surface area contributed by atoms with E-state index in [9.17, 15) is 9.59 Å². The third-order valence-electron chi connectivity index (χ3n) is 5.15. The lowest BCUT2D eigenvalue weighted by Crippen LogP contribution is -2.35. The van der Waals surface area contributed by atoms with Crippen LogP contribution >= 0.6 is 0 Å². The van der Waals surface area contributed by atoms with Crippen molar-refractivity contribution in [2.24, 2.45) is 5.92 Å². The lowest BCUT2D eigenvalue weighted by atomic mass is 9.86. The first-order chi connectivity index (χ1) is 12.2. The highest BCUT2D eigenvalue weighted by molar-refractivity contribution is 5.95. The number of likely N-dealkylation sites (tertiary alicyclic amines) is 1. The molecule has 2 aliphatic rings. The zero-order chi connectivity index (χ0) is 17.6. The Morgan fingerprint density at radius 1 is 1.20 bits per heavy atom. The lowest BCUT2D eigenvalue weighted by molar-refractivity contribution is -0.148. The summed E-state index contributed by atoms with van der Waals surface area (Å²) in [6, 6.07) is 7.94. The molecular formula is C21H27NO3. The van der Waals surface area contributed by atoms with Crippen LogP contribution in [-0.2, 0) is 9.53 Å². The third kappa shape index (κ3) is 4.30. The first-order valence-corrected chi connectivity index (χ1v) is 9.44. The fraction of sp³-hybridized carbons (Fsp3) is 0.524. The number of rotatable bonds is 4. The Hall–Kier alpha value is -2.10. The highest BCUT2D eigenvalue weighted by atomic mass is 16.5. The Labute approximate surface area is 149 Å². The fourth-order valence-electron chi connectivity index (χ4n) is 3.70. The molecular weight excluding hydrogens is 314 g/mol. The molecule has 0 spiro atoms. The maximum Gasteiger partial charge on any atom is 0.309 e. The molecule has 1 atom stereocenters. The standard InChI is InChI=1S/C21H27NO3/c1-2-25-21(24)17-11-9-16(10-12-17)18-7-6-8-19(15-18)20(23)22-13-4-3-5-14-22/h6-9,15,17H,2-5,10-14H2,1H3. The van der Waals surface area contributed by atoms with E-state index in [1.165, 1.54) is 12.0 Å². The average molecular weight is 341 g/mol. The number of ether oxygens (including phenoxy) is 1. The van der Waals surface area contributed by atoms with E-state index in [2.05, 4.69) is 12.1 Å². The molecule has 0 radical (unpaired) electrons. The monoisotopic (exact) mass is 341 g/mol. The second-order valence-electron chi connectivity index (χ2n) is 6.89. The summed E-state index contributed by atoms with van der Waals surface area (Å²) in [4.78, 5) is 26.5. The quantitative estimate of drug-likeness (QED) is 0.776. The summed E-state index contributed by atoms with van der Waals surface area (Å²) in [7, 11) is 0. The molecule has 1 amide bonds. The molecule has 1 saturated heterocycles. The van der Waals surface area contributed by atoms with Crippen LogP contribution in [0.3, 0.4) is 0 Å². The van der Waals surface area contributed by atoms with E-state index in [0.717, 1.165) is 56.3 Å². The zero-order valence-corrected chi connectivity index (χ0v) is 15.0. The lowest BCUT2D eigenvalue weighted by Gasteiger charge is -2.27. The van der Waals surface area contributed by atoms with Crippen molar-refractivity contribution in [3.8, 4) is 0 Å². The molecule has 4 heteroatoms. The van der Waals surface area contributed by atoms with Gasteiger partial charge in [0, 0.05) is 18.7 Å². The van der Waals surface area contributed by atoms with Crippen molar-refractivity contribution in [3.63, 3.8) is 0 Å². The highest BCUT2D eigenvalue weighted by Gasteiger charge is 2.24. The molecule has 1 unspecified atom stereocenters. The molecule has 3 rings (SSSR count). The van der Waals surface area contributed by atoms with Crippen molar-refractivity contribution in [3.05, 3.63) is 41.5 Å². The van der Waals surface area contributed by atoms with Crippen LogP contribution in [0.15, 0.2) is 30.3 Å². The van der Waals surface area contributed by atoms with Gasteiger partial charge in [-0.25, -0.2) is 0 Å². The van der Waals surface area contributed by atoms with Crippen LogP contribution in [0.2, 0.25) is 0 Å². The molecule has 1 aliphatic carbocycles. The smallest absolute Gasteiger partial charge is 0.309 e. The van der Waals surface area contributed by atoms with Crippen molar-refractivity contribution in [1.29, 1.82) is 0 Å². The minimum Gasteiger partial charge on any atom is -0.466 e. The molecule has 1 aromatic carbocycles. The van der Waals surface area contributed by atoms with Gasteiger partial charge in [-0.1, -0.05) is 18.2 Å². The number of carbonyl (C=O) groups is 2. The van der Waals surface area contributed by atoms with E-state index in [4.69, 9.17) is 4.74 Å². The van der Waals surface area contributed by atoms with E-state index in [1.54, 1.807) is 0 Å². The molecule has 0 bridgehead atoms. The van der Waals surface area contributed by atoms with E-state index < -0.39 is 0 Å². The first kappa shape index (κ1) is 17.7. The maximum absolute atomic E-state index is 12.7.